The van der Waals surface area contributed by atoms with E-state index in [0.717, 1.165) is 4.88 Å². The van der Waals surface area contributed by atoms with Crippen LogP contribution in [-0.4, -0.2) is 18.9 Å². The van der Waals surface area contributed by atoms with Gasteiger partial charge in [-0.3, -0.25) is 9.59 Å². The van der Waals surface area contributed by atoms with Crippen molar-refractivity contribution in [2.45, 2.75) is 6.42 Å². The number of ketones is 1. The minimum Gasteiger partial charge on any atom is -0.469 e. The first-order valence-electron chi connectivity index (χ1n) is 5.05. The first-order chi connectivity index (χ1) is 8.60. The third-order valence-electron chi connectivity index (χ3n) is 2.23. The molecular weight excluding hydrogens is 320 g/mol. The Morgan fingerprint density at radius 3 is 2.72 bits per heavy atom. The van der Waals surface area contributed by atoms with Gasteiger partial charge in [-0.25, -0.2) is 0 Å². The number of rotatable bonds is 4. The summed E-state index contributed by atoms with van der Waals surface area (Å²) in [6.07, 6.45) is 0.177. The highest BCUT2D eigenvalue weighted by atomic mass is 79.9. The van der Waals surface area contributed by atoms with Crippen molar-refractivity contribution in [1.82, 2.24) is 0 Å². The molecule has 0 aliphatic carbocycles. The van der Waals surface area contributed by atoms with Crippen LogP contribution in [0.1, 0.15) is 20.3 Å². The zero-order valence-electron chi connectivity index (χ0n) is 9.44. The molecule has 94 valence electrons. The highest BCUT2D eigenvalue weighted by Crippen LogP contribution is 2.23. The van der Waals surface area contributed by atoms with Gasteiger partial charge in [0, 0.05) is 4.88 Å². The molecule has 0 bridgehead atoms. The SMILES string of the molecule is COC(=O)Cc1ccc(C(=O)c2ccc(Br)o2)s1. The Morgan fingerprint density at radius 1 is 1.33 bits per heavy atom. The number of ether oxygens (including phenoxy) is 1. The molecule has 6 heteroatoms. The molecule has 0 spiro atoms. The van der Waals surface area contributed by atoms with E-state index in [4.69, 9.17) is 4.42 Å². The van der Waals surface area contributed by atoms with E-state index in [9.17, 15) is 9.59 Å². The predicted molar refractivity (Wildman–Crippen MR) is 69.9 cm³/mol. The Bertz CT molecular complexity index is 584. The first kappa shape index (κ1) is 13.0. The second-order valence-corrected chi connectivity index (χ2v) is 5.40. The number of methoxy groups -OCH3 is 1. The van der Waals surface area contributed by atoms with Gasteiger partial charge in [0.1, 0.15) is 0 Å². The van der Waals surface area contributed by atoms with Crippen LogP contribution in [0.3, 0.4) is 0 Å². The highest BCUT2D eigenvalue weighted by molar-refractivity contribution is 9.10. The van der Waals surface area contributed by atoms with E-state index in [-0.39, 0.29) is 23.9 Å². The number of thiophene rings is 1. The molecule has 18 heavy (non-hydrogen) atoms. The fourth-order valence-corrected chi connectivity index (χ4v) is 2.61. The van der Waals surface area contributed by atoms with Gasteiger partial charge >= 0.3 is 5.97 Å². The number of carbonyl (C=O) groups excluding carboxylic acids is 2. The summed E-state index contributed by atoms with van der Waals surface area (Å²) in [7, 11) is 1.34. The first-order valence-corrected chi connectivity index (χ1v) is 6.66. The second kappa shape index (κ2) is 5.49. The minimum absolute atomic E-state index is 0.177. The third-order valence-corrected chi connectivity index (χ3v) is 3.74. The van der Waals surface area contributed by atoms with Crippen LogP contribution in [0.4, 0.5) is 0 Å². The molecule has 0 saturated heterocycles. The van der Waals surface area contributed by atoms with Gasteiger partial charge in [-0.1, -0.05) is 0 Å². The van der Waals surface area contributed by atoms with E-state index in [2.05, 4.69) is 20.7 Å². The Labute approximate surface area is 116 Å². The summed E-state index contributed by atoms with van der Waals surface area (Å²) in [5.41, 5.74) is 0. The molecule has 0 saturated carbocycles. The highest BCUT2D eigenvalue weighted by Gasteiger charge is 2.16. The maximum atomic E-state index is 12.0. The molecule has 0 N–H and O–H groups in total. The number of hydrogen-bond acceptors (Lipinski definition) is 5. The van der Waals surface area contributed by atoms with E-state index in [1.807, 2.05) is 0 Å². The minimum atomic E-state index is -0.323. The van der Waals surface area contributed by atoms with E-state index in [0.29, 0.717) is 9.55 Å². The molecule has 2 aromatic heterocycles. The lowest BCUT2D eigenvalue weighted by Gasteiger charge is -1.95. The monoisotopic (exact) mass is 328 g/mol. The van der Waals surface area contributed by atoms with Gasteiger partial charge in [-0.2, -0.15) is 0 Å². The summed E-state index contributed by atoms with van der Waals surface area (Å²) in [6, 6.07) is 6.69. The van der Waals surface area contributed by atoms with Crippen molar-refractivity contribution in [3.05, 3.63) is 44.4 Å². The molecule has 0 amide bonds. The third kappa shape index (κ3) is 2.88. The zero-order valence-corrected chi connectivity index (χ0v) is 11.8. The maximum absolute atomic E-state index is 12.0. The smallest absolute Gasteiger partial charge is 0.310 e. The molecule has 0 aromatic carbocycles. The average molecular weight is 329 g/mol. The van der Waals surface area contributed by atoms with Gasteiger partial charge in [-0.05, 0) is 40.2 Å². The standard InChI is InChI=1S/C12H9BrO4S/c1-16-11(14)6-7-2-4-9(18-7)12(15)8-3-5-10(13)17-8/h2-5H,6H2,1H3. The van der Waals surface area contributed by atoms with Crippen LogP contribution in [0, 0.1) is 0 Å². The Hall–Kier alpha value is -1.40. The van der Waals surface area contributed by atoms with Gasteiger partial charge in [-0.15, -0.1) is 11.3 Å². The van der Waals surface area contributed by atoms with E-state index in [1.165, 1.54) is 18.4 Å². The molecular formula is C12H9BrO4S. The topological polar surface area (TPSA) is 56.5 Å². The van der Waals surface area contributed by atoms with Gasteiger partial charge in [0.05, 0.1) is 18.4 Å². The van der Waals surface area contributed by atoms with Crippen molar-refractivity contribution in [2.75, 3.05) is 7.11 Å². The molecule has 2 rings (SSSR count). The number of furan rings is 1. The number of carbonyl (C=O) groups is 2. The summed E-state index contributed by atoms with van der Waals surface area (Å²) >= 11 is 4.41. The van der Waals surface area contributed by atoms with Crippen molar-refractivity contribution < 1.29 is 18.7 Å². The quantitative estimate of drug-likeness (QED) is 0.639. The molecule has 0 radical (unpaired) electrons. The lowest BCUT2D eigenvalue weighted by atomic mass is 10.2. The molecule has 2 heterocycles. The van der Waals surface area contributed by atoms with Crippen molar-refractivity contribution in [3.8, 4) is 0 Å². The molecule has 0 atom stereocenters. The summed E-state index contributed by atoms with van der Waals surface area (Å²) in [5, 5.41) is 0. The van der Waals surface area contributed by atoms with Crippen molar-refractivity contribution in [3.63, 3.8) is 0 Å². The lowest BCUT2D eigenvalue weighted by molar-refractivity contribution is -0.139. The van der Waals surface area contributed by atoms with Gasteiger partial charge in [0.2, 0.25) is 5.78 Å². The maximum Gasteiger partial charge on any atom is 0.310 e. The Balaban J connectivity index is 2.15. The van der Waals surface area contributed by atoms with Crippen LogP contribution in [-0.2, 0) is 16.0 Å². The molecule has 0 fully saturated rings. The lowest BCUT2D eigenvalue weighted by Crippen LogP contribution is -2.02. The summed E-state index contributed by atoms with van der Waals surface area (Å²) in [5.74, 6) is -0.244. The average Bonchev–Trinajstić information content (AvgIpc) is 2.97. The molecule has 0 aliphatic heterocycles. The van der Waals surface area contributed by atoms with Gasteiger partial charge in [0.15, 0.2) is 10.4 Å². The van der Waals surface area contributed by atoms with Gasteiger partial charge in [0.25, 0.3) is 0 Å². The Morgan fingerprint density at radius 2 is 2.11 bits per heavy atom. The fraction of sp³-hybridized carbons (Fsp3) is 0.167. The summed E-state index contributed by atoms with van der Waals surface area (Å²) in [6.45, 7) is 0. The molecule has 0 unspecified atom stereocenters. The summed E-state index contributed by atoms with van der Waals surface area (Å²) in [4.78, 5) is 24.4. The number of esters is 1. The van der Waals surface area contributed by atoms with Crippen LogP contribution in [0.5, 0.6) is 0 Å². The molecule has 2 aromatic rings. The van der Waals surface area contributed by atoms with Crippen LogP contribution < -0.4 is 0 Å². The summed E-state index contributed by atoms with van der Waals surface area (Å²) < 4.78 is 10.3. The van der Waals surface area contributed by atoms with Crippen molar-refractivity contribution in [1.29, 1.82) is 0 Å². The molecule has 4 nitrogen and oxygen atoms in total. The normalized spacial score (nSPS) is 10.3. The van der Waals surface area contributed by atoms with Crippen molar-refractivity contribution in [2.24, 2.45) is 0 Å². The second-order valence-electron chi connectivity index (χ2n) is 3.45. The van der Waals surface area contributed by atoms with E-state index in [1.54, 1.807) is 24.3 Å². The number of halogens is 1. The molecule has 0 aliphatic rings. The predicted octanol–water partition coefficient (Wildman–Crippen LogP) is 3.05. The van der Waals surface area contributed by atoms with Crippen molar-refractivity contribution >= 4 is 39.0 Å². The van der Waals surface area contributed by atoms with E-state index >= 15 is 0 Å². The largest absolute Gasteiger partial charge is 0.469 e. The Kier molecular flexibility index (Phi) is 3.98. The van der Waals surface area contributed by atoms with Crippen LogP contribution in [0.15, 0.2) is 33.4 Å². The van der Waals surface area contributed by atoms with Crippen LogP contribution in [0.25, 0.3) is 0 Å². The zero-order chi connectivity index (χ0) is 13.1. The van der Waals surface area contributed by atoms with Crippen LogP contribution >= 0.6 is 27.3 Å². The van der Waals surface area contributed by atoms with Crippen LogP contribution in [0.2, 0.25) is 0 Å². The van der Waals surface area contributed by atoms with Gasteiger partial charge < -0.3 is 9.15 Å². The van der Waals surface area contributed by atoms with E-state index < -0.39 is 0 Å². The number of hydrogen-bond donors (Lipinski definition) is 0. The fourth-order valence-electron chi connectivity index (χ4n) is 1.37.